The molecule has 0 saturated heterocycles. The molecule has 0 bridgehead atoms. The third kappa shape index (κ3) is 2.31. The van der Waals surface area contributed by atoms with Gasteiger partial charge >= 0.3 is 7.12 Å². The minimum Gasteiger partial charge on any atom is -0.422 e. The summed E-state index contributed by atoms with van der Waals surface area (Å²) in [4.78, 5) is 3.88. The molecule has 0 radical (unpaired) electrons. The van der Waals surface area contributed by atoms with E-state index in [1.165, 1.54) is 0 Å². The highest BCUT2D eigenvalue weighted by Crippen LogP contribution is 2.17. The summed E-state index contributed by atoms with van der Waals surface area (Å²) in [7, 11) is -1.30. The van der Waals surface area contributed by atoms with Crippen molar-refractivity contribution < 1.29 is 15.1 Å². The average Bonchev–Trinajstić information content (AvgIpc) is 2.39. The van der Waals surface area contributed by atoms with E-state index in [1.807, 2.05) is 36.4 Å². The van der Waals surface area contributed by atoms with E-state index in [2.05, 4.69) is 4.81 Å². The van der Waals surface area contributed by atoms with Gasteiger partial charge in [-0.2, -0.15) is 0 Å². The first-order valence-corrected chi connectivity index (χ1v) is 4.95. The molecule has 2 aromatic rings. The van der Waals surface area contributed by atoms with Crippen LogP contribution in [-0.4, -0.2) is 17.4 Å². The monoisotopic (exact) mass is 214 g/mol. The molecule has 80 valence electrons. The maximum atomic E-state index is 9.33. The molecule has 0 fully saturated rings. The van der Waals surface area contributed by atoms with Crippen molar-refractivity contribution in [1.82, 2.24) is 0 Å². The third-order valence-corrected chi connectivity index (χ3v) is 2.38. The van der Waals surface area contributed by atoms with Gasteiger partial charge in [0.15, 0.2) is 0 Å². The zero-order chi connectivity index (χ0) is 11.4. The van der Waals surface area contributed by atoms with Crippen LogP contribution in [0.4, 0.5) is 0 Å². The van der Waals surface area contributed by atoms with E-state index in [0.717, 1.165) is 11.1 Å². The maximum Gasteiger partial charge on any atom is 0.522 e. The minimum atomic E-state index is -1.30. The van der Waals surface area contributed by atoms with Crippen molar-refractivity contribution in [3.05, 3.63) is 54.6 Å². The summed E-state index contributed by atoms with van der Waals surface area (Å²) in [5.74, 6) is 0. The van der Waals surface area contributed by atoms with Crippen LogP contribution < -0.4 is 5.46 Å². The molecule has 2 rings (SSSR count). The van der Waals surface area contributed by atoms with Crippen molar-refractivity contribution in [2.75, 3.05) is 0 Å². The van der Waals surface area contributed by atoms with Crippen molar-refractivity contribution >= 4 is 12.6 Å². The second-order valence-electron chi connectivity index (χ2n) is 3.45. The molecule has 0 heterocycles. The Morgan fingerprint density at radius 2 is 1.56 bits per heavy atom. The Labute approximate surface area is 94.0 Å². The lowest BCUT2D eigenvalue weighted by molar-refractivity contribution is -0.154. The molecule has 0 spiro atoms. The average molecular weight is 214 g/mol. The molecule has 3 nitrogen and oxygen atoms in total. The summed E-state index contributed by atoms with van der Waals surface area (Å²) < 4.78 is 0. The number of rotatable bonds is 3. The normalized spacial score (nSPS) is 10.1. The lowest BCUT2D eigenvalue weighted by atomic mass is 9.79. The summed E-state index contributed by atoms with van der Waals surface area (Å²) >= 11 is 0. The fourth-order valence-electron chi connectivity index (χ4n) is 1.56. The van der Waals surface area contributed by atoms with E-state index in [0.29, 0.717) is 5.46 Å². The minimum absolute atomic E-state index is 0.517. The van der Waals surface area contributed by atoms with Crippen LogP contribution in [0.25, 0.3) is 11.1 Å². The lowest BCUT2D eigenvalue weighted by Gasteiger charge is -2.05. The first-order valence-electron chi connectivity index (χ1n) is 4.95. The fraction of sp³-hybridized carbons (Fsp3) is 0. The SMILES string of the molecule is OOB(O)c1cccc(-c2ccccc2)c1. The Hall–Kier alpha value is -1.62. The van der Waals surface area contributed by atoms with Gasteiger partial charge in [-0.05, 0) is 16.6 Å². The summed E-state index contributed by atoms with van der Waals surface area (Å²) in [6.07, 6.45) is 0. The second-order valence-corrected chi connectivity index (χ2v) is 3.45. The number of hydrogen-bond acceptors (Lipinski definition) is 3. The van der Waals surface area contributed by atoms with Gasteiger partial charge in [0.05, 0.1) is 0 Å². The van der Waals surface area contributed by atoms with E-state index < -0.39 is 7.12 Å². The predicted octanol–water partition coefficient (Wildman–Crippen LogP) is 1.53. The van der Waals surface area contributed by atoms with Gasteiger partial charge in [-0.1, -0.05) is 54.6 Å². The zero-order valence-corrected chi connectivity index (χ0v) is 8.58. The highest BCUT2D eigenvalue weighted by molar-refractivity contribution is 6.59. The Bertz CT molecular complexity index is 459. The number of benzene rings is 2. The molecule has 0 atom stereocenters. The molecule has 0 aliphatic rings. The van der Waals surface area contributed by atoms with Crippen LogP contribution >= 0.6 is 0 Å². The van der Waals surface area contributed by atoms with E-state index in [-0.39, 0.29) is 0 Å². The van der Waals surface area contributed by atoms with E-state index >= 15 is 0 Å². The quantitative estimate of drug-likeness (QED) is 0.462. The standard InChI is InChI=1S/C12H11BO3/c14-13(16-15)12-8-4-7-11(9-12)10-5-2-1-3-6-10/h1-9,14-15H. The zero-order valence-electron chi connectivity index (χ0n) is 8.58. The van der Waals surface area contributed by atoms with Gasteiger partial charge in [0.25, 0.3) is 0 Å². The summed E-state index contributed by atoms with van der Waals surface area (Å²) in [6.45, 7) is 0. The Morgan fingerprint density at radius 1 is 0.875 bits per heavy atom. The van der Waals surface area contributed by atoms with Gasteiger partial charge in [-0.15, -0.1) is 0 Å². The first kappa shape index (κ1) is 10.9. The molecule has 0 aromatic heterocycles. The number of hydrogen-bond donors (Lipinski definition) is 2. The van der Waals surface area contributed by atoms with Crippen molar-refractivity contribution in [1.29, 1.82) is 0 Å². The topological polar surface area (TPSA) is 49.7 Å². The van der Waals surface area contributed by atoms with Crippen molar-refractivity contribution in [3.63, 3.8) is 0 Å². The smallest absolute Gasteiger partial charge is 0.422 e. The Morgan fingerprint density at radius 3 is 2.25 bits per heavy atom. The Kier molecular flexibility index (Phi) is 3.36. The van der Waals surface area contributed by atoms with Gasteiger partial charge < -0.3 is 5.02 Å². The lowest BCUT2D eigenvalue weighted by Crippen LogP contribution is -2.32. The van der Waals surface area contributed by atoms with Crippen molar-refractivity contribution in [3.8, 4) is 11.1 Å². The van der Waals surface area contributed by atoms with Gasteiger partial charge in [0, 0.05) is 0 Å². The van der Waals surface area contributed by atoms with Crippen LogP contribution in [-0.2, 0) is 4.81 Å². The Balaban J connectivity index is 2.36. The van der Waals surface area contributed by atoms with Crippen LogP contribution in [0.2, 0.25) is 0 Å². The molecule has 2 N–H and O–H groups in total. The maximum absolute atomic E-state index is 9.33. The largest absolute Gasteiger partial charge is 0.522 e. The predicted molar refractivity (Wildman–Crippen MR) is 63.2 cm³/mol. The molecular formula is C12H11BO3. The summed E-state index contributed by atoms with van der Waals surface area (Å²) in [6, 6.07) is 17.0. The molecule has 2 aromatic carbocycles. The van der Waals surface area contributed by atoms with Gasteiger partial charge in [0.1, 0.15) is 0 Å². The van der Waals surface area contributed by atoms with E-state index in [9.17, 15) is 5.02 Å². The van der Waals surface area contributed by atoms with Gasteiger partial charge in [-0.25, -0.2) is 0 Å². The molecule has 0 aliphatic carbocycles. The van der Waals surface area contributed by atoms with Crippen molar-refractivity contribution in [2.45, 2.75) is 0 Å². The first-order chi connectivity index (χ1) is 7.81. The molecular weight excluding hydrogens is 203 g/mol. The summed E-state index contributed by atoms with van der Waals surface area (Å²) in [5, 5.41) is 17.7. The van der Waals surface area contributed by atoms with Crippen LogP contribution in [0.1, 0.15) is 0 Å². The molecule has 0 aliphatic heterocycles. The fourth-order valence-corrected chi connectivity index (χ4v) is 1.56. The van der Waals surface area contributed by atoms with E-state index in [1.54, 1.807) is 18.2 Å². The third-order valence-electron chi connectivity index (χ3n) is 2.38. The van der Waals surface area contributed by atoms with Crippen molar-refractivity contribution in [2.24, 2.45) is 0 Å². The molecule has 0 unspecified atom stereocenters. The highest BCUT2D eigenvalue weighted by Gasteiger charge is 2.16. The van der Waals surface area contributed by atoms with Crippen LogP contribution in [0.15, 0.2) is 54.6 Å². The molecule has 0 amide bonds. The highest BCUT2D eigenvalue weighted by atomic mass is 17.1. The van der Waals surface area contributed by atoms with E-state index in [4.69, 9.17) is 5.26 Å². The van der Waals surface area contributed by atoms with Crippen LogP contribution in [0.3, 0.4) is 0 Å². The molecule has 0 saturated carbocycles. The van der Waals surface area contributed by atoms with Gasteiger partial charge in [0.2, 0.25) is 0 Å². The summed E-state index contributed by atoms with van der Waals surface area (Å²) in [5.41, 5.74) is 2.53. The van der Waals surface area contributed by atoms with Crippen LogP contribution in [0.5, 0.6) is 0 Å². The van der Waals surface area contributed by atoms with Crippen LogP contribution in [0, 0.1) is 0 Å². The molecule has 4 heteroatoms. The molecule has 16 heavy (non-hydrogen) atoms. The van der Waals surface area contributed by atoms with Gasteiger partial charge in [-0.3, -0.25) is 10.1 Å². The second kappa shape index (κ2) is 4.94.